The first-order valence-electron chi connectivity index (χ1n) is 8.98. The molecule has 1 fully saturated rings. The molecule has 128 valence electrons. The molecule has 0 bridgehead atoms. The second-order valence-electron chi connectivity index (χ2n) is 6.82. The molecule has 2 aromatic rings. The van der Waals surface area contributed by atoms with Crippen molar-refractivity contribution in [2.24, 2.45) is 0 Å². The number of fused-ring (bicyclic) bond motifs is 1. The molecule has 0 aliphatic carbocycles. The number of aromatic nitrogens is 1. The van der Waals surface area contributed by atoms with E-state index in [9.17, 15) is 4.79 Å². The Hall–Kier alpha value is -1.94. The molecule has 0 unspecified atom stereocenters. The normalized spacial score (nSPS) is 17.0. The zero-order valence-corrected chi connectivity index (χ0v) is 14.7. The molecule has 1 saturated heterocycles. The minimum absolute atomic E-state index is 0.102. The van der Waals surface area contributed by atoms with Gasteiger partial charge in [-0.05, 0) is 44.5 Å². The topological polar surface area (TPSA) is 36.4 Å². The molecule has 0 radical (unpaired) electrons. The van der Waals surface area contributed by atoms with Crippen LogP contribution in [0.5, 0.6) is 0 Å². The predicted molar refractivity (Wildman–Crippen MR) is 97.7 cm³/mol. The molecule has 0 N–H and O–H groups in total. The summed E-state index contributed by atoms with van der Waals surface area (Å²) >= 11 is 0. The maximum absolute atomic E-state index is 12.8. The molecular formula is C20H27N3O. The first-order valence-corrected chi connectivity index (χ1v) is 8.98. The number of para-hydroxylation sites is 1. The van der Waals surface area contributed by atoms with Crippen LogP contribution in [0.25, 0.3) is 10.9 Å². The van der Waals surface area contributed by atoms with E-state index >= 15 is 0 Å². The monoisotopic (exact) mass is 325 g/mol. The number of benzene rings is 1. The van der Waals surface area contributed by atoms with Gasteiger partial charge in [0.15, 0.2) is 0 Å². The van der Waals surface area contributed by atoms with E-state index in [0.29, 0.717) is 0 Å². The summed E-state index contributed by atoms with van der Waals surface area (Å²) in [7, 11) is 2.04. The molecule has 1 aromatic heterocycles. The van der Waals surface area contributed by atoms with Crippen molar-refractivity contribution < 1.29 is 4.79 Å². The molecule has 1 amide bonds. The van der Waals surface area contributed by atoms with Crippen LogP contribution in [-0.4, -0.2) is 46.9 Å². The van der Waals surface area contributed by atoms with E-state index in [-0.39, 0.29) is 11.9 Å². The second-order valence-corrected chi connectivity index (χ2v) is 6.82. The Labute approximate surface area is 144 Å². The minimum Gasteiger partial charge on any atom is -0.341 e. The van der Waals surface area contributed by atoms with Crippen molar-refractivity contribution in [1.82, 2.24) is 14.8 Å². The van der Waals surface area contributed by atoms with Crippen LogP contribution in [0.2, 0.25) is 0 Å². The maximum Gasteiger partial charge on any atom is 0.239 e. The van der Waals surface area contributed by atoms with E-state index in [0.717, 1.165) is 38.0 Å². The lowest BCUT2D eigenvalue weighted by Gasteiger charge is -2.30. The van der Waals surface area contributed by atoms with E-state index in [4.69, 9.17) is 0 Å². The fraction of sp³-hybridized carbons (Fsp3) is 0.500. The fourth-order valence-electron chi connectivity index (χ4n) is 3.44. The zero-order valence-electron chi connectivity index (χ0n) is 14.7. The van der Waals surface area contributed by atoms with Gasteiger partial charge in [0.1, 0.15) is 0 Å². The first-order chi connectivity index (χ1) is 11.7. The minimum atomic E-state index is -0.102. The molecular weight excluding hydrogens is 298 g/mol. The number of hydrogen-bond acceptors (Lipinski definition) is 3. The van der Waals surface area contributed by atoms with Crippen LogP contribution < -0.4 is 0 Å². The second kappa shape index (κ2) is 7.75. The number of likely N-dealkylation sites (tertiary alicyclic amines) is 1. The number of carbonyl (C=O) groups excluding carboxylic acids is 1. The van der Waals surface area contributed by atoms with Crippen LogP contribution in [0, 0.1) is 0 Å². The van der Waals surface area contributed by atoms with E-state index in [1.807, 2.05) is 38.4 Å². The quantitative estimate of drug-likeness (QED) is 0.864. The summed E-state index contributed by atoms with van der Waals surface area (Å²) in [4.78, 5) is 21.4. The molecule has 1 atom stereocenters. The average Bonchev–Trinajstić information content (AvgIpc) is 2.90. The van der Waals surface area contributed by atoms with Crippen molar-refractivity contribution in [3.63, 3.8) is 0 Å². The molecule has 1 aliphatic heterocycles. The first kappa shape index (κ1) is 16.9. The number of carbonyl (C=O) groups is 1. The Balaban J connectivity index is 1.71. The molecule has 1 aromatic carbocycles. The van der Waals surface area contributed by atoms with Crippen molar-refractivity contribution in [2.45, 2.75) is 45.2 Å². The lowest BCUT2D eigenvalue weighted by atomic mass is 10.1. The smallest absolute Gasteiger partial charge is 0.239 e. The van der Waals surface area contributed by atoms with Crippen LogP contribution in [0.4, 0.5) is 0 Å². The summed E-state index contributed by atoms with van der Waals surface area (Å²) in [5, 5.41) is 1.17. The Morgan fingerprint density at radius 2 is 1.88 bits per heavy atom. The number of nitrogens with zero attached hydrogens (tertiary/aromatic N) is 3. The van der Waals surface area contributed by atoms with Gasteiger partial charge < -0.3 is 4.90 Å². The van der Waals surface area contributed by atoms with Gasteiger partial charge in [-0.1, -0.05) is 31.0 Å². The summed E-state index contributed by atoms with van der Waals surface area (Å²) in [5.41, 5.74) is 2.23. The molecule has 4 heteroatoms. The van der Waals surface area contributed by atoms with E-state index in [1.54, 1.807) is 0 Å². The van der Waals surface area contributed by atoms with Crippen LogP contribution in [0.15, 0.2) is 36.5 Å². The van der Waals surface area contributed by atoms with Crippen LogP contribution in [0.3, 0.4) is 0 Å². The van der Waals surface area contributed by atoms with Crippen LogP contribution >= 0.6 is 0 Å². The van der Waals surface area contributed by atoms with Crippen LogP contribution in [0.1, 0.15) is 38.2 Å². The number of pyridine rings is 1. The fourth-order valence-corrected chi connectivity index (χ4v) is 3.44. The van der Waals surface area contributed by atoms with Crippen molar-refractivity contribution >= 4 is 16.8 Å². The van der Waals surface area contributed by atoms with E-state index in [1.165, 1.54) is 23.8 Å². The number of rotatable bonds is 4. The summed E-state index contributed by atoms with van der Waals surface area (Å²) in [6.45, 7) is 4.60. The summed E-state index contributed by atoms with van der Waals surface area (Å²) in [6.07, 6.45) is 6.62. The van der Waals surface area contributed by atoms with Crippen molar-refractivity contribution in [2.75, 3.05) is 20.1 Å². The Kier molecular flexibility index (Phi) is 5.46. The summed E-state index contributed by atoms with van der Waals surface area (Å²) in [5.74, 6) is 0.262. The van der Waals surface area contributed by atoms with Crippen molar-refractivity contribution in [3.05, 3.63) is 42.1 Å². The zero-order chi connectivity index (χ0) is 16.9. The van der Waals surface area contributed by atoms with Crippen molar-refractivity contribution in [3.8, 4) is 0 Å². The van der Waals surface area contributed by atoms with Crippen molar-refractivity contribution in [1.29, 1.82) is 0 Å². The summed E-state index contributed by atoms with van der Waals surface area (Å²) < 4.78 is 0. The van der Waals surface area contributed by atoms with E-state index < -0.39 is 0 Å². The van der Waals surface area contributed by atoms with Gasteiger partial charge in [0.2, 0.25) is 5.91 Å². The number of hydrogen-bond donors (Lipinski definition) is 0. The van der Waals surface area contributed by atoms with Crippen LogP contribution in [-0.2, 0) is 11.3 Å². The molecule has 24 heavy (non-hydrogen) atoms. The molecule has 3 rings (SSSR count). The number of amides is 1. The van der Waals surface area contributed by atoms with Gasteiger partial charge in [-0.2, -0.15) is 0 Å². The molecule has 4 nitrogen and oxygen atoms in total. The summed E-state index contributed by atoms with van der Waals surface area (Å²) in [6, 6.07) is 10.1. The molecule has 0 saturated carbocycles. The lowest BCUT2D eigenvalue weighted by Crippen LogP contribution is -2.45. The maximum atomic E-state index is 12.8. The number of likely N-dealkylation sites (N-methyl/N-ethyl adjacent to an activating group) is 1. The average molecular weight is 325 g/mol. The lowest BCUT2D eigenvalue weighted by molar-refractivity contribution is -0.136. The third-order valence-electron chi connectivity index (χ3n) is 5.10. The third kappa shape index (κ3) is 3.75. The highest BCUT2D eigenvalue weighted by Crippen LogP contribution is 2.19. The predicted octanol–water partition coefficient (Wildman–Crippen LogP) is 3.46. The van der Waals surface area contributed by atoms with Gasteiger partial charge in [0.25, 0.3) is 0 Å². The van der Waals surface area contributed by atoms with Gasteiger partial charge in [0, 0.05) is 31.2 Å². The SMILES string of the molecule is C[C@@H](C(=O)N1CCCCCC1)N(C)Cc1ccnc2ccccc12. The molecule has 2 heterocycles. The molecule has 1 aliphatic rings. The Bertz CT molecular complexity index is 687. The van der Waals surface area contributed by atoms with Gasteiger partial charge in [-0.25, -0.2) is 0 Å². The van der Waals surface area contributed by atoms with E-state index in [2.05, 4.69) is 26.9 Å². The Morgan fingerprint density at radius 1 is 1.17 bits per heavy atom. The van der Waals surface area contributed by atoms with Gasteiger partial charge in [0.05, 0.1) is 11.6 Å². The highest BCUT2D eigenvalue weighted by Gasteiger charge is 2.24. The van der Waals surface area contributed by atoms with Gasteiger partial charge in [-0.3, -0.25) is 14.7 Å². The standard InChI is InChI=1S/C20H27N3O/c1-16(20(24)23-13-7-3-4-8-14-23)22(2)15-17-11-12-21-19-10-6-5-9-18(17)19/h5-6,9-12,16H,3-4,7-8,13-15H2,1-2H3/t16-/m0/s1. The largest absolute Gasteiger partial charge is 0.341 e. The van der Waals surface area contributed by atoms with Gasteiger partial charge >= 0.3 is 0 Å². The van der Waals surface area contributed by atoms with Gasteiger partial charge in [-0.15, -0.1) is 0 Å². The third-order valence-corrected chi connectivity index (χ3v) is 5.10. The highest BCUT2D eigenvalue weighted by molar-refractivity contribution is 5.83. The highest BCUT2D eigenvalue weighted by atomic mass is 16.2. The molecule has 0 spiro atoms. The Morgan fingerprint density at radius 3 is 2.62 bits per heavy atom.